The van der Waals surface area contributed by atoms with Crippen LogP contribution in [0.4, 0.5) is 0 Å². The molecule has 0 saturated carbocycles. The molecule has 126 valence electrons. The van der Waals surface area contributed by atoms with Crippen molar-refractivity contribution in [1.82, 2.24) is 5.43 Å². The predicted octanol–water partition coefficient (Wildman–Crippen LogP) is 4.77. The van der Waals surface area contributed by atoms with Crippen LogP contribution in [0.15, 0.2) is 62.6 Å². The van der Waals surface area contributed by atoms with Crippen LogP contribution in [0.2, 0.25) is 0 Å². The normalized spacial score (nSPS) is 11.5. The predicted molar refractivity (Wildman–Crippen MR) is 103 cm³/mol. The van der Waals surface area contributed by atoms with E-state index in [2.05, 4.69) is 42.4 Å². The van der Waals surface area contributed by atoms with Gasteiger partial charge in [-0.3, -0.25) is 4.79 Å². The standard InChI is InChI=1S/C18H18Br2N2O2/c1-12(2)18(13-6-4-3-5-7-13)22-21-17(23)11-24-16-9-8-14(19)10-15(16)20/h3-10,12H,11H2,1-2H3,(H,21,23). The minimum Gasteiger partial charge on any atom is -0.483 e. The first-order chi connectivity index (χ1) is 11.5. The van der Waals surface area contributed by atoms with E-state index in [-0.39, 0.29) is 18.4 Å². The molecule has 0 heterocycles. The average Bonchev–Trinajstić information content (AvgIpc) is 2.55. The van der Waals surface area contributed by atoms with Crippen molar-refractivity contribution < 1.29 is 9.53 Å². The van der Waals surface area contributed by atoms with E-state index in [1.807, 2.05) is 56.3 Å². The van der Waals surface area contributed by atoms with E-state index in [4.69, 9.17) is 4.74 Å². The van der Waals surface area contributed by atoms with Crippen LogP contribution < -0.4 is 10.2 Å². The molecule has 0 unspecified atom stereocenters. The van der Waals surface area contributed by atoms with Crippen molar-refractivity contribution in [2.24, 2.45) is 11.0 Å². The van der Waals surface area contributed by atoms with E-state index in [1.54, 1.807) is 6.07 Å². The van der Waals surface area contributed by atoms with Gasteiger partial charge in [0.1, 0.15) is 5.75 Å². The van der Waals surface area contributed by atoms with Gasteiger partial charge in [-0.25, -0.2) is 5.43 Å². The lowest BCUT2D eigenvalue weighted by Crippen LogP contribution is -2.27. The van der Waals surface area contributed by atoms with Crippen LogP contribution in [0.3, 0.4) is 0 Å². The second-order valence-electron chi connectivity index (χ2n) is 5.42. The summed E-state index contributed by atoms with van der Waals surface area (Å²) in [5.41, 5.74) is 4.38. The van der Waals surface area contributed by atoms with E-state index in [0.717, 1.165) is 20.2 Å². The first-order valence-corrected chi connectivity index (χ1v) is 9.05. The van der Waals surface area contributed by atoms with Gasteiger partial charge in [-0.05, 0) is 45.6 Å². The van der Waals surface area contributed by atoms with Gasteiger partial charge in [0, 0.05) is 4.47 Å². The molecule has 0 fully saturated rings. The molecule has 6 heteroatoms. The third-order valence-corrected chi connectivity index (χ3v) is 4.28. The highest BCUT2D eigenvalue weighted by Crippen LogP contribution is 2.28. The third kappa shape index (κ3) is 5.46. The smallest absolute Gasteiger partial charge is 0.277 e. The summed E-state index contributed by atoms with van der Waals surface area (Å²) in [5.74, 6) is 0.484. The first kappa shape index (κ1) is 18.7. The van der Waals surface area contributed by atoms with Crippen molar-refractivity contribution in [3.8, 4) is 5.75 Å². The lowest BCUT2D eigenvalue weighted by Gasteiger charge is -2.11. The van der Waals surface area contributed by atoms with Gasteiger partial charge < -0.3 is 4.74 Å². The van der Waals surface area contributed by atoms with Crippen LogP contribution in [0.5, 0.6) is 5.75 Å². The second kappa shape index (κ2) is 8.99. The number of amides is 1. The maximum absolute atomic E-state index is 12.0. The molecule has 2 aromatic rings. The molecule has 0 aliphatic heterocycles. The van der Waals surface area contributed by atoms with Crippen LogP contribution in [-0.4, -0.2) is 18.2 Å². The van der Waals surface area contributed by atoms with Gasteiger partial charge >= 0.3 is 0 Å². The number of hydrazone groups is 1. The Morgan fingerprint density at radius 2 is 1.88 bits per heavy atom. The van der Waals surface area contributed by atoms with E-state index < -0.39 is 0 Å². The summed E-state index contributed by atoms with van der Waals surface area (Å²) in [7, 11) is 0. The molecule has 0 bridgehead atoms. The Balaban J connectivity index is 1.98. The summed E-state index contributed by atoms with van der Waals surface area (Å²) in [5, 5.41) is 4.26. The maximum atomic E-state index is 12.0. The van der Waals surface area contributed by atoms with E-state index in [0.29, 0.717) is 5.75 Å². The SMILES string of the molecule is CC(C)C(=NNC(=O)COc1ccc(Br)cc1Br)c1ccccc1. The lowest BCUT2D eigenvalue weighted by molar-refractivity contribution is -0.123. The largest absolute Gasteiger partial charge is 0.483 e. The van der Waals surface area contributed by atoms with Crippen molar-refractivity contribution in [2.45, 2.75) is 13.8 Å². The van der Waals surface area contributed by atoms with Crippen molar-refractivity contribution in [3.05, 3.63) is 63.0 Å². The van der Waals surface area contributed by atoms with Gasteiger partial charge in [0.05, 0.1) is 10.2 Å². The number of hydrogen-bond acceptors (Lipinski definition) is 3. The molecule has 4 nitrogen and oxygen atoms in total. The number of ether oxygens (including phenoxy) is 1. The summed E-state index contributed by atoms with van der Waals surface area (Å²) < 4.78 is 7.21. The highest BCUT2D eigenvalue weighted by molar-refractivity contribution is 9.11. The Bertz CT molecular complexity index is 731. The Morgan fingerprint density at radius 1 is 1.17 bits per heavy atom. The number of carbonyl (C=O) groups excluding carboxylic acids is 1. The Morgan fingerprint density at radius 3 is 2.50 bits per heavy atom. The Labute approximate surface area is 158 Å². The van der Waals surface area contributed by atoms with E-state index in [9.17, 15) is 4.79 Å². The minimum atomic E-state index is -0.307. The Kier molecular flexibility index (Phi) is 6.99. The van der Waals surface area contributed by atoms with Crippen molar-refractivity contribution >= 4 is 43.5 Å². The quantitative estimate of drug-likeness (QED) is 0.506. The van der Waals surface area contributed by atoms with Gasteiger partial charge in [-0.15, -0.1) is 0 Å². The zero-order valence-electron chi connectivity index (χ0n) is 13.4. The molecule has 0 radical (unpaired) electrons. The molecule has 1 N–H and O–H groups in total. The van der Waals surface area contributed by atoms with Gasteiger partial charge in [0.2, 0.25) is 0 Å². The topological polar surface area (TPSA) is 50.7 Å². The highest BCUT2D eigenvalue weighted by Gasteiger charge is 2.10. The zero-order valence-corrected chi connectivity index (χ0v) is 16.6. The number of benzene rings is 2. The van der Waals surface area contributed by atoms with Crippen molar-refractivity contribution in [2.75, 3.05) is 6.61 Å². The van der Waals surface area contributed by atoms with Crippen molar-refractivity contribution in [3.63, 3.8) is 0 Å². The number of nitrogens with zero attached hydrogens (tertiary/aromatic N) is 1. The first-order valence-electron chi connectivity index (χ1n) is 7.47. The van der Waals surface area contributed by atoms with E-state index >= 15 is 0 Å². The summed E-state index contributed by atoms with van der Waals surface area (Å²) >= 11 is 6.77. The second-order valence-corrected chi connectivity index (χ2v) is 7.19. The third-order valence-electron chi connectivity index (χ3n) is 3.17. The van der Waals surface area contributed by atoms with Crippen LogP contribution in [-0.2, 0) is 4.79 Å². The summed E-state index contributed by atoms with van der Waals surface area (Å²) in [6.07, 6.45) is 0. The molecule has 0 spiro atoms. The molecule has 0 aliphatic carbocycles. The van der Waals surface area contributed by atoms with Gasteiger partial charge in [-0.2, -0.15) is 5.10 Å². The molecule has 2 rings (SSSR count). The summed E-state index contributed by atoms with van der Waals surface area (Å²) in [6, 6.07) is 15.3. The summed E-state index contributed by atoms with van der Waals surface area (Å²) in [4.78, 5) is 12.0. The maximum Gasteiger partial charge on any atom is 0.277 e. The number of nitrogens with one attached hydrogen (secondary N) is 1. The molecular formula is C18H18Br2N2O2. The summed E-state index contributed by atoms with van der Waals surface area (Å²) in [6.45, 7) is 3.96. The monoisotopic (exact) mass is 452 g/mol. The Hall–Kier alpha value is -1.66. The minimum absolute atomic E-state index is 0.107. The van der Waals surface area contributed by atoms with E-state index in [1.165, 1.54) is 0 Å². The number of rotatable bonds is 6. The van der Waals surface area contributed by atoms with Gasteiger partial charge in [0.15, 0.2) is 6.61 Å². The zero-order chi connectivity index (χ0) is 17.5. The number of hydrogen-bond donors (Lipinski definition) is 1. The molecule has 0 atom stereocenters. The van der Waals surface area contributed by atoms with Crippen LogP contribution in [0, 0.1) is 5.92 Å². The van der Waals surface area contributed by atoms with Gasteiger partial charge in [0.25, 0.3) is 5.91 Å². The molecule has 2 aromatic carbocycles. The van der Waals surface area contributed by atoms with Gasteiger partial charge in [-0.1, -0.05) is 60.1 Å². The fourth-order valence-corrected chi connectivity index (χ4v) is 3.19. The lowest BCUT2D eigenvalue weighted by atomic mass is 10.0. The molecular weight excluding hydrogens is 436 g/mol. The fraction of sp³-hybridized carbons (Fsp3) is 0.222. The molecule has 0 aromatic heterocycles. The van der Waals surface area contributed by atoms with Crippen LogP contribution >= 0.6 is 31.9 Å². The van der Waals surface area contributed by atoms with Crippen LogP contribution in [0.1, 0.15) is 19.4 Å². The van der Waals surface area contributed by atoms with Crippen LogP contribution in [0.25, 0.3) is 0 Å². The van der Waals surface area contributed by atoms with Crippen molar-refractivity contribution in [1.29, 1.82) is 0 Å². The average molecular weight is 454 g/mol. The molecule has 1 amide bonds. The fourth-order valence-electron chi connectivity index (χ4n) is 2.03. The number of halogens is 2. The molecule has 0 aliphatic rings. The number of carbonyl (C=O) groups is 1. The molecule has 24 heavy (non-hydrogen) atoms. The molecule has 0 saturated heterocycles. The highest BCUT2D eigenvalue weighted by atomic mass is 79.9.